The number of hydrogen-bond acceptors (Lipinski definition) is 4. The van der Waals surface area contributed by atoms with Crippen LogP contribution in [0, 0.1) is 5.82 Å². The Kier molecular flexibility index (Phi) is 4.43. The number of methoxy groups -OCH3 is 1. The first-order valence-corrected chi connectivity index (χ1v) is 5.93. The quantitative estimate of drug-likeness (QED) is 0.638. The summed E-state index contributed by atoms with van der Waals surface area (Å²) < 4.78 is 18.4. The van der Waals surface area contributed by atoms with E-state index in [0.717, 1.165) is 11.1 Å². The lowest BCUT2D eigenvalue weighted by atomic mass is 10.00. The molecule has 4 nitrogen and oxygen atoms in total. The number of aromatic nitrogens is 1. The lowest BCUT2D eigenvalue weighted by Gasteiger charge is -2.17. The van der Waals surface area contributed by atoms with Crippen molar-refractivity contribution in [2.75, 3.05) is 7.11 Å². The van der Waals surface area contributed by atoms with Gasteiger partial charge in [0.25, 0.3) is 0 Å². The van der Waals surface area contributed by atoms with Gasteiger partial charge in [0.05, 0.1) is 13.2 Å². The van der Waals surface area contributed by atoms with Gasteiger partial charge < -0.3 is 4.74 Å². The van der Waals surface area contributed by atoms with Gasteiger partial charge in [0.15, 0.2) is 11.6 Å². The molecule has 0 amide bonds. The molecule has 0 saturated carbocycles. The minimum absolute atomic E-state index is 0.114. The molecule has 0 aliphatic rings. The number of nitrogens with two attached hydrogens (primary N) is 1. The number of hydrazine groups is 1. The first-order chi connectivity index (χ1) is 9.24. The number of halogens is 1. The summed E-state index contributed by atoms with van der Waals surface area (Å²) >= 11 is 0. The van der Waals surface area contributed by atoms with Gasteiger partial charge in [-0.05, 0) is 41.8 Å². The number of pyridine rings is 1. The third-order valence-electron chi connectivity index (χ3n) is 2.97. The van der Waals surface area contributed by atoms with Crippen LogP contribution in [0.25, 0.3) is 0 Å². The predicted octanol–water partition coefficient (Wildman–Crippen LogP) is 1.98. The van der Waals surface area contributed by atoms with Crippen molar-refractivity contribution in [3.8, 4) is 5.75 Å². The van der Waals surface area contributed by atoms with Crippen LogP contribution >= 0.6 is 0 Å². The molecule has 0 spiro atoms. The van der Waals surface area contributed by atoms with Crippen LogP contribution in [0.4, 0.5) is 4.39 Å². The number of nitrogens with zero attached hydrogens (tertiary/aromatic N) is 1. The second-order valence-corrected chi connectivity index (χ2v) is 4.17. The summed E-state index contributed by atoms with van der Waals surface area (Å²) in [6, 6.07) is 8.46. The first-order valence-electron chi connectivity index (χ1n) is 5.93. The Morgan fingerprint density at radius 3 is 2.68 bits per heavy atom. The molecule has 100 valence electrons. The van der Waals surface area contributed by atoms with Gasteiger partial charge in [-0.1, -0.05) is 6.07 Å². The zero-order valence-corrected chi connectivity index (χ0v) is 10.6. The van der Waals surface area contributed by atoms with Crippen molar-refractivity contribution in [1.82, 2.24) is 10.4 Å². The highest BCUT2D eigenvalue weighted by Gasteiger charge is 2.13. The molecule has 0 fully saturated rings. The lowest BCUT2D eigenvalue weighted by molar-refractivity contribution is 0.384. The van der Waals surface area contributed by atoms with Gasteiger partial charge in [0, 0.05) is 12.4 Å². The molecular weight excluding hydrogens is 245 g/mol. The van der Waals surface area contributed by atoms with E-state index in [-0.39, 0.29) is 17.6 Å². The van der Waals surface area contributed by atoms with Gasteiger partial charge in [-0.3, -0.25) is 16.3 Å². The summed E-state index contributed by atoms with van der Waals surface area (Å²) in [5, 5.41) is 0. The van der Waals surface area contributed by atoms with Crippen LogP contribution in [0.2, 0.25) is 0 Å². The van der Waals surface area contributed by atoms with E-state index in [0.29, 0.717) is 6.42 Å². The molecule has 19 heavy (non-hydrogen) atoms. The third-order valence-corrected chi connectivity index (χ3v) is 2.97. The number of rotatable bonds is 5. The molecule has 2 rings (SSSR count). The molecule has 5 heteroatoms. The standard InChI is InChI=1S/C14H16FN3O/c1-19-14-9-11(2-3-12(14)15)13(18-16)8-10-4-6-17-7-5-10/h2-7,9,13,18H,8,16H2,1H3. The molecule has 2 aromatic rings. The highest BCUT2D eigenvalue weighted by Crippen LogP contribution is 2.24. The molecular formula is C14H16FN3O. The minimum Gasteiger partial charge on any atom is -0.494 e. The second-order valence-electron chi connectivity index (χ2n) is 4.17. The van der Waals surface area contributed by atoms with Crippen LogP contribution in [0.5, 0.6) is 5.75 Å². The van der Waals surface area contributed by atoms with Crippen molar-refractivity contribution in [2.24, 2.45) is 5.84 Å². The molecule has 1 heterocycles. The Morgan fingerprint density at radius 2 is 2.05 bits per heavy atom. The van der Waals surface area contributed by atoms with Crippen LogP contribution in [0.15, 0.2) is 42.7 Å². The molecule has 1 aromatic carbocycles. The zero-order valence-electron chi connectivity index (χ0n) is 10.6. The van der Waals surface area contributed by atoms with Crippen LogP contribution in [0.1, 0.15) is 17.2 Å². The third kappa shape index (κ3) is 3.27. The Balaban J connectivity index is 2.22. The number of nitrogens with one attached hydrogen (secondary N) is 1. The normalized spacial score (nSPS) is 12.2. The molecule has 1 aromatic heterocycles. The van der Waals surface area contributed by atoms with Crippen LogP contribution in [0.3, 0.4) is 0 Å². The van der Waals surface area contributed by atoms with E-state index in [1.165, 1.54) is 13.2 Å². The van der Waals surface area contributed by atoms with Crippen molar-refractivity contribution in [2.45, 2.75) is 12.5 Å². The molecule has 0 aliphatic heterocycles. The van der Waals surface area contributed by atoms with Gasteiger partial charge in [0.2, 0.25) is 0 Å². The van der Waals surface area contributed by atoms with Gasteiger partial charge >= 0.3 is 0 Å². The van der Waals surface area contributed by atoms with Crippen LogP contribution in [-0.2, 0) is 6.42 Å². The predicted molar refractivity (Wildman–Crippen MR) is 71.0 cm³/mol. The molecule has 1 unspecified atom stereocenters. The maximum Gasteiger partial charge on any atom is 0.165 e. The number of hydrogen-bond donors (Lipinski definition) is 2. The van der Waals surface area contributed by atoms with Gasteiger partial charge in [-0.25, -0.2) is 4.39 Å². The number of ether oxygens (including phenoxy) is 1. The molecule has 0 bridgehead atoms. The first kappa shape index (κ1) is 13.5. The van der Waals surface area contributed by atoms with Gasteiger partial charge in [0.1, 0.15) is 0 Å². The summed E-state index contributed by atoms with van der Waals surface area (Å²) in [6.07, 6.45) is 4.15. The molecule has 0 aliphatic carbocycles. The Bertz CT molecular complexity index is 533. The van der Waals surface area contributed by atoms with Crippen molar-refractivity contribution < 1.29 is 9.13 Å². The molecule has 3 N–H and O–H groups in total. The summed E-state index contributed by atoms with van der Waals surface area (Å²) in [6.45, 7) is 0. The molecule has 0 radical (unpaired) electrons. The van der Waals surface area contributed by atoms with E-state index in [4.69, 9.17) is 10.6 Å². The van der Waals surface area contributed by atoms with E-state index < -0.39 is 0 Å². The monoisotopic (exact) mass is 261 g/mol. The Morgan fingerprint density at radius 1 is 1.32 bits per heavy atom. The topological polar surface area (TPSA) is 60.2 Å². The summed E-state index contributed by atoms with van der Waals surface area (Å²) in [7, 11) is 1.44. The summed E-state index contributed by atoms with van der Waals surface area (Å²) in [5.41, 5.74) is 4.71. The Hall–Kier alpha value is -1.98. The maximum atomic E-state index is 13.4. The highest BCUT2D eigenvalue weighted by atomic mass is 19.1. The van der Waals surface area contributed by atoms with Gasteiger partial charge in [-0.2, -0.15) is 0 Å². The van der Waals surface area contributed by atoms with Crippen molar-refractivity contribution >= 4 is 0 Å². The Labute approximate surface area is 111 Å². The largest absolute Gasteiger partial charge is 0.494 e. The SMILES string of the molecule is COc1cc(C(Cc2ccncc2)NN)ccc1F. The van der Waals surface area contributed by atoms with Gasteiger partial charge in [-0.15, -0.1) is 0 Å². The van der Waals surface area contributed by atoms with E-state index >= 15 is 0 Å². The van der Waals surface area contributed by atoms with Crippen LogP contribution < -0.4 is 16.0 Å². The van der Waals surface area contributed by atoms with Crippen molar-refractivity contribution in [1.29, 1.82) is 0 Å². The lowest BCUT2D eigenvalue weighted by Crippen LogP contribution is -2.29. The van der Waals surface area contributed by atoms with Crippen LogP contribution in [-0.4, -0.2) is 12.1 Å². The average molecular weight is 261 g/mol. The number of benzene rings is 1. The fourth-order valence-electron chi connectivity index (χ4n) is 1.92. The van der Waals surface area contributed by atoms with E-state index in [2.05, 4.69) is 10.4 Å². The summed E-state index contributed by atoms with van der Waals surface area (Å²) in [4.78, 5) is 3.97. The fraction of sp³-hybridized carbons (Fsp3) is 0.214. The van der Waals surface area contributed by atoms with E-state index in [9.17, 15) is 4.39 Å². The van der Waals surface area contributed by atoms with Crippen molar-refractivity contribution in [3.63, 3.8) is 0 Å². The molecule has 1 atom stereocenters. The smallest absolute Gasteiger partial charge is 0.165 e. The molecule has 0 saturated heterocycles. The zero-order chi connectivity index (χ0) is 13.7. The van der Waals surface area contributed by atoms with E-state index in [1.54, 1.807) is 24.5 Å². The second kappa shape index (κ2) is 6.26. The average Bonchev–Trinajstić information content (AvgIpc) is 2.46. The minimum atomic E-state index is -0.383. The summed E-state index contributed by atoms with van der Waals surface area (Å²) in [5.74, 6) is 5.41. The fourth-order valence-corrected chi connectivity index (χ4v) is 1.92. The maximum absolute atomic E-state index is 13.4. The highest BCUT2D eigenvalue weighted by molar-refractivity contribution is 5.33. The van der Waals surface area contributed by atoms with E-state index in [1.807, 2.05) is 12.1 Å². The van der Waals surface area contributed by atoms with Crippen molar-refractivity contribution in [3.05, 3.63) is 59.7 Å².